The second-order valence-electron chi connectivity index (χ2n) is 4.49. The van der Waals surface area contributed by atoms with Gasteiger partial charge in [-0.25, -0.2) is 13.1 Å². The van der Waals surface area contributed by atoms with Crippen LogP contribution in [0.15, 0.2) is 23.1 Å². The van der Waals surface area contributed by atoms with Gasteiger partial charge in [-0.05, 0) is 38.0 Å². The average Bonchev–Trinajstić information content (AvgIpc) is 2.37. The summed E-state index contributed by atoms with van der Waals surface area (Å²) < 4.78 is 26.8. The van der Waals surface area contributed by atoms with Crippen molar-refractivity contribution < 1.29 is 13.2 Å². The van der Waals surface area contributed by atoms with Gasteiger partial charge in [0.2, 0.25) is 10.0 Å². The normalized spacial score (nSPS) is 13.1. The summed E-state index contributed by atoms with van der Waals surface area (Å²) in [6.45, 7) is 5.47. The van der Waals surface area contributed by atoms with E-state index in [2.05, 4.69) is 10.0 Å². The van der Waals surface area contributed by atoms with E-state index in [-0.39, 0.29) is 16.8 Å². The SMILES string of the molecule is CC[C@@H](C)NS(=O)(=O)c1ccc(C)c(C(=O)NC)c1. The fraction of sp³-hybridized carbons (Fsp3) is 0.462. The Hall–Kier alpha value is -1.40. The van der Waals surface area contributed by atoms with Crippen LogP contribution in [0.3, 0.4) is 0 Å². The third kappa shape index (κ3) is 3.78. The highest BCUT2D eigenvalue weighted by Gasteiger charge is 2.19. The fourth-order valence-corrected chi connectivity index (χ4v) is 2.92. The summed E-state index contributed by atoms with van der Waals surface area (Å²) in [4.78, 5) is 11.8. The Morgan fingerprint density at radius 2 is 2.00 bits per heavy atom. The van der Waals surface area contributed by atoms with E-state index in [4.69, 9.17) is 0 Å². The zero-order valence-electron chi connectivity index (χ0n) is 11.6. The molecule has 0 spiro atoms. The van der Waals surface area contributed by atoms with Gasteiger partial charge in [-0.3, -0.25) is 4.79 Å². The average molecular weight is 284 g/mol. The molecule has 0 aliphatic carbocycles. The molecule has 106 valence electrons. The Morgan fingerprint density at radius 3 is 2.53 bits per heavy atom. The van der Waals surface area contributed by atoms with E-state index in [1.54, 1.807) is 19.9 Å². The number of benzene rings is 1. The van der Waals surface area contributed by atoms with Gasteiger partial charge in [0, 0.05) is 18.7 Å². The minimum absolute atomic E-state index is 0.108. The first kappa shape index (κ1) is 15.7. The van der Waals surface area contributed by atoms with Gasteiger partial charge in [0.15, 0.2) is 0 Å². The highest BCUT2D eigenvalue weighted by atomic mass is 32.2. The third-order valence-corrected chi connectivity index (χ3v) is 4.55. The van der Waals surface area contributed by atoms with Crippen molar-refractivity contribution in [3.8, 4) is 0 Å². The Bertz CT molecular complexity index is 567. The van der Waals surface area contributed by atoms with E-state index >= 15 is 0 Å². The molecule has 0 aliphatic heterocycles. The minimum atomic E-state index is -3.58. The topological polar surface area (TPSA) is 75.3 Å². The van der Waals surface area contributed by atoms with E-state index in [1.165, 1.54) is 19.2 Å². The third-order valence-electron chi connectivity index (χ3n) is 2.96. The molecule has 0 heterocycles. The number of sulfonamides is 1. The van der Waals surface area contributed by atoms with Crippen LogP contribution < -0.4 is 10.0 Å². The molecule has 0 unspecified atom stereocenters. The Labute approximate surface area is 114 Å². The molecule has 1 aromatic rings. The number of nitrogens with one attached hydrogen (secondary N) is 2. The lowest BCUT2D eigenvalue weighted by atomic mass is 10.1. The van der Waals surface area contributed by atoms with Gasteiger partial charge in [0.05, 0.1) is 4.90 Å². The Balaban J connectivity index is 3.18. The van der Waals surface area contributed by atoms with Crippen molar-refractivity contribution in [2.24, 2.45) is 0 Å². The van der Waals surface area contributed by atoms with Crippen LogP contribution >= 0.6 is 0 Å². The van der Waals surface area contributed by atoms with Gasteiger partial charge in [-0.2, -0.15) is 0 Å². The molecule has 0 radical (unpaired) electrons. The van der Waals surface area contributed by atoms with E-state index in [1.807, 2.05) is 6.92 Å². The zero-order chi connectivity index (χ0) is 14.6. The number of aryl methyl sites for hydroxylation is 1. The highest BCUT2D eigenvalue weighted by Crippen LogP contribution is 2.16. The fourth-order valence-electron chi connectivity index (χ4n) is 1.56. The molecule has 0 saturated heterocycles. The van der Waals surface area contributed by atoms with Crippen LogP contribution in [0, 0.1) is 6.92 Å². The van der Waals surface area contributed by atoms with Crippen molar-refractivity contribution in [2.45, 2.75) is 38.1 Å². The number of amides is 1. The molecule has 1 aromatic carbocycles. The number of hydrogen-bond donors (Lipinski definition) is 2. The number of carbonyl (C=O) groups excluding carboxylic acids is 1. The predicted octanol–water partition coefficient (Wildman–Crippen LogP) is 1.43. The second-order valence-corrected chi connectivity index (χ2v) is 6.20. The Morgan fingerprint density at radius 1 is 1.37 bits per heavy atom. The summed E-state index contributed by atoms with van der Waals surface area (Å²) in [6.07, 6.45) is 0.702. The molecular weight excluding hydrogens is 264 g/mol. The molecule has 0 aromatic heterocycles. The molecule has 19 heavy (non-hydrogen) atoms. The van der Waals surface area contributed by atoms with Gasteiger partial charge in [-0.15, -0.1) is 0 Å². The number of rotatable bonds is 5. The first-order valence-corrected chi connectivity index (χ1v) is 7.65. The summed E-state index contributed by atoms with van der Waals surface area (Å²) >= 11 is 0. The van der Waals surface area contributed by atoms with Crippen molar-refractivity contribution in [3.63, 3.8) is 0 Å². The summed E-state index contributed by atoms with van der Waals surface area (Å²) in [5, 5.41) is 2.50. The van der Waals surface area contributed by atoms with Crippen LogP contribution in [-0.2, 0) is 10.0 Å². The van der Waals surface area contributed by atoms with Gasteiger partial charge in [0.25, 0.3) is 5.91 Å². The smallest absolute Gasteiger partial charge is 0.251 e. The largest absolute Gasteiger partial charge is 0.355 e. The predicted molar refractivity (Wildman–Crippen MR) is 74.6 cm³/mol. The summed E-state index contributed by atoms with van der Waals surface area (Å²) in [7, 11) is -2.07. The molecule has 2 N–H and O–H groups in total. The van der Waals surface area contributed by atoms with E-state index in [0.717, 1.165) is 5.56 Å². The monoisotopic (exact) mass is 284 g/mol. The van der Waals surface area contributed by atoms with Crippen LogP contribution in [0.25, 0.3) is 0 Å². The number of hydrogen-bond acceptors (Lipinski definition) is 3. The number of carbonyl (C=O) groups is 1. The molecule has 0 saturated carbocycles. The zero-order valence-corrected chi connectivity index (χ0v) is 12.5. The summed E-state index contributed by atoms with van der Waals surface area (Å²) in [5.74, 6) is -0.293. The van der Waals surface area contributed by atoms with E-state index in [9.17, 15) is 13.2 Å². The molecule has 1 amide bonds. The first-order valence-electron chi connectivity index (χ1n) is 6.17. The van der Waals surface area contributed by atoms with Gasteiger partial charge >= 0.3 is 0 Å². The van der Waals surface area contributed by atoms with Crippen LogP contribution in [0.4, 0.5) is 0 Å². The molecular formula is C13H20N2O3S. The highest BCUT2D eigenvalue weighted by molar-refractivity contribution is 7.89. The minimum Gasteiger partial charge on any atom is -0.355 e. The van der Waals surface area contributed by atoms with Crippen molar-refractivity contribution in [1.82, 2.24) is 10.0 Å². The quantitative estimate of drug-likeness (QED) is 0.859. The van der Waals surface area contributed by atoms with Crippen LogP contribution in [-0.4, -0.2) is 27.4 Å². The molecule has 0 bridgehead atoms. The second kappa shape index (κ2) is 6.16. The molecule has 1 atom stereocenters. The Kier molecular flexibility index (Phi) is 5.08. The van der Waals surface area contributed by atoms with Crippen molar-refractivity contribution >= 4 is 15.9 Å². The maximum absolute atomic E-state index is 12.1. The van der Waals surface area contributed by atoms with E-state index in [0.29, 0.717) is 12.0 Å². The van der Waals surface area contributed by atoms with Crippen molar-refractivity contribution in [3.05, 3.63) is 29.3 Å². The maximum Gasteiger partial charge on any atom is 0.251 e. The summed E-state index contributed by atoms with van der Waals surface area (Å²) in [5.41, 5.74) is 1.11. The van der Waals surface area contributed by atoms with Crippen molar-refractivity contribution in [1.29, 1.82) is 0 Å². The maximum atomic E-state index is 12.1. The van der Waals surface area contributed by atoms with Gasteiger partial charge in [0.1, 0.15) is 0 Å². The first-order chi connectivity index (χ1) is 8.81. The lowest BCUT2D eigenvalue weighted by Gasteiger charge is -2.13. The lowest BCUT2D eigenvalue weighted by molar-refractivity contribution is 0.0962. The van der Waals surface area contributed by atoms with Gasteiger partial charge < -0.3 is 5.32 Å². The molecule has 0 aliphatic rings. The molecule has 5 nitrogen and oxygen atoms in total. The van der Waals surface area contributed by atoms with Crippen LogP contribution in [0.2, 0.25) is 0 Å². The summed E-state index contributed by atoms with van der Waals surface area (Å²) in [6, 6.07) is 4.40. The van der Waals surface area contributed by atoms with Crippen LogP contribution in [0.1, 0.15) is 36.2 Å². The van der Waals surface area contributed by atoms with E-state index < -0.39 is 10.0 Å². The van der Waals surface area contributed by atoms with Crippen LogP contribution in [0.5, 0.6) is 0 Å². The molecule has 6 heteroatoms. The lowest BCUT2D eigenvalue weighted by Crippen LogP contribution is -2.32. The van der Waals surface area contributed by atoms with Crippen molar-refractivity contribution in [2.75, 3.05) is 7.05 Å². The standard InChI is InChI=1S/C13H20N2O3S/c1-5-10(3)15-19(17,18)11-7-6-9(2)12(8-11)13(16)14-4/h6-8,10,15H,5H2,1-4H3,(H,14,16)/t10-/m1/s1. The van der Waals surface area contributed by atoms with Gasteiger partial charge in [-0.1, -0.05) is 13.0 Å². The molecule has 1 rings (SSSR count). The molecule has 0 fully saturated rings.